The van der Waals surface area contributed by atoms with Crippen LogP contribution in [0.15, 0.2) is 42.5 Å². The second-order valence-corrected chi connectivity index (χ2v) is 4.88. The smallest absolute Gasteiger partial charge is 0.338 e. The molecule has 0 heterocycles. The van der Waals surface area contributed by atoms with Crippen molar-refractivity contribution in [3.8, 4) is 0 Å². The molecule has 0 atom stereocenters. The summed E-state index contributed by atoms with van der Waals surface area (Å²) in [6.45, 7) is 1.75. The van der Waals surface area contributed by atoms with E-state index in [1.54, 1.807) is 31.2 Å². The van der Waals surface area contributed by atoms with E-state index in [1.165, 1.54) is 25.3 Å². The molecule has 0 aliphatic heterocycles. The number of methoxy groups -OCH3 is 1. The Labute approximate surface area is 133 Å². The third kappa shape index (κ3) is 4.29. The average Bonchev–Trinajstić information content (AvgIpc) is 2.53. The highest BCUT2D eigenvalue weighted by Gasteiger charge is 2.12. The third-order valence-electron chi connectivity index (χ3n) is 3.29. The maximum atomic E-state index is 13.1. The molecule has 2 rings (SSSR count). The number of benzene rings is 2. The molecule has 120 valence electrons. The van der Waals surface area contributed by atoms with E-state index in [-0.39, 0.29) is 12.5 Å². The first-order valence-electron chi connectivity index (χ1n) is 6.98. The van der Waals surface area contributed by atoms with E-state index in [0.717, 1.165) is 0 Å². The summed E-state index contributed by atoms with van der Waals surface area (Å²) < 4.78 is 17.8. The Kier molecular flexibility index (Phi) is 5.30. The van der Waals surface area contributed by atoms with Crippen molar-refractivity contribution < 1.29 is 18.7 Å². The van der Waals surface area contributed by atoms with E-state index in [2.05, 4.69) is 10.6 Å². The van der Waals surface area contributed by atoms with Crippen molar-refractivity contribution in [1.82, 2.24) is 0 Å². The predicted octanol–water partition coefficient (Wildman–Crippen LogP) is 2.97. The zero-order chi connectivity index (χ0) is 16.8. The predicted molar refractivity (Wildman–Crippen MR) is 86.0 cm³/mol. The van der Waals surface area contributed by atoms with Crippen molar-refractivity contribution in [2.75, 3.05) is 24.3 Å². The summed E-state index contributed by atoms with van der Waals surface area (Å²) in [5.41, 5.74) is 2.17. The molecule has 2 N–H and O–H groups in total. The third-order valence-corrected chi connectivity index (χ3v) is 3.29. The van der Waals surface area contributed by atoms with Crippen molar-refractivity contribution in [3.63, 3.8) is 0 Å². The van der Waals surface area contributed by atoms with Crippen molar-refractivity contribution in [2.45, 2.75) is 6.92 Å². The van der Waals surface area contributed by atoms with Gasteiger partial charge >= 0.3 is 5.97 Å². The number of hydrogen-bond acceptors (Lipinski definition) is 4. The van der Waals surface area contributed by atoms with Crippen LogP contribution in [-0.4, -0.2) is 25.5 Å². The Balaban J connectivity index is 2.00. The molecular formula is C17H17FN2O3. The van der Waals surface area contributed by atoms with Crippen LogP contribution in [0.1, 0.15) is 15.9 Å². The lowest BCUT2D eigenvalue weighted by atomic mass is 10.1. The first-order valence-corrected chi connectivity index (χ1v) is 6.98. The minimum Gasteiger partial charge on any atom is -0.465 e. The summed E-state index contributed by atoms with van der Waals surface area (Å²) in [6, 6.07) is 10.8. The zero-order valence-corrected chi connectivity index (χ0v) is 12.9. The van der Waals surface area contributed by atoms with Gasteiger partial charge in [-0.25, -0.2) is 9.18 Å². The van der Waals surface area contributed by atoms with Gasteiger partial charge in [0.1, 0.15) is 5.82 Å². The summed E-state index contributed by atoms with van der Waals surface area (Å²) >= 11 is 0. The number of amides is 1. The first kappa shape index (κ1) is 16.5. The highest BCUT2D eigenvalue weighted by molar-refractivity contribution is 5.95. The van der Waals surface area contributed by atoms with E-state index >= 15 is 0 Å². The SMILES string of the molecule is COC(=O)c1cccc(NCC(=O)Nc2cccc(F)c2)c1C. The van der Waals surface area contributed by atoms with Crippen LogP contribution in [0.2, 0.25) is 0 Å². The Morgan fingerprint density at radius 3 is 2.61 bits per heavy atom. The monoisotopic (exact) mass is 316 g/mol. The van der Waals surface area contributed by atoms with Crippen LogP contribution >= 0.6 is 0 Å². The maximum absolute atomic E-state index is 13.1. The topological polar surface area (TPSA) is 67.4 Å². The fraction of sp³-hybridized carbons (Fsp3) is 0.176. The molecule has 0 aliphatic carbocycles. The number of hydrogen-bond donors (Lipinski definition) is 2. The van der Waals surface area contributed by atoms with Gasteiger partial charge in [0.2, 0.25) is 5.91 Å². The molecule has 1 amide bonds. The number of carbonyl (C=O) groups is 2. The summed E-state index contributed by atoms with van der Waals surface area (Å²) in [5.74, 6) is -1.17. The summed E-state index contributed by atoms with van der Waals surface area (Å²) in [5, 5.41) is 5.54. The van der Waals surface area contributed by atoms with Crippen LogP contribution in [0.5, 0.6) is 0 Å². The van der Waals surface area contributed by atoms with Crippen molar-refractivity contribution >= 4 is 23.3 Å². The standard InChI is InChI=1S/C17H17FN2O3/c1-11-14(17(22)23-2)7-4-8-15(11)19-10-16(21)20-13-6-3-5-12(18)9-13/h3-9,19H,10H2,1-2H3,(H,20,21). The normalized spacial score (nSPS) is 10.0. The molecule has 0 saturated carbocycles. The van der Waals surface area contributed by atoms with Crippen LogP contribution < -0.4 is 10.6 Å². The summed E-state index contributed by atoms with van der Waals surface area (Å²) in [6.07, 6.45) is 0. The van der Waals surface area contributed by atoms with Gasteiger partial charge in [0, 0.05) is 11.4 Å². The van der Waals surface area contributed by atoms with Gasteiger partial charge in [-0.2, -0.15) is 0 Å². The zero-order valence-electron chi connectivity index (χ0n) is 12.9. The van der Waals surface area contributed by atoms with Gasteiger partial charge in [0.15, 0.2) is 0 Å². The van der Waals surface area contributed by atoms with E-state index < -0.39 is 11.8 Å². The summed E-state index contributed by atoms with van der Waals surface area (Å²) in [4.78, 5) is 23.5. The van der Waals surface area contributed by atoms with Gasteiger partial charge in [-0.1, -0.05) is 12.1 Å². The van der Waals surface area contributed by atoms with Crippen molar-refractivity contribution in [2.24, 2.45) is 0 Å². The maximum Gasteiger partial charge on any atom is 0.338 e. The van der Waals surface area contributed by atoms with Crippen LogP contribution in [-0.2, 0) is 9.53 Å². The van der Waals surface area contributed by atoms with E-state index in [0.29, 0.717) is 22.5 Å². The molecule has 2 aromatic rings. The molecular weight excluding hydrogens is 299 g/mol. The number of esters is 1. The molecule has 0 radical (unpaired) electrons. The number of carbonyl (C=O) groups excluding carboxylic acids is 2. The second-order valence-electron chi connectivity index (χ2n) is 4.88. The number of rotatable bonds is 5. The number of halogens is 1. The average molecular weight is 316 g/mol. The van der Waals surface area contributed by atoms with Gasteiger partial charge in [0.05, 0.1) is 19.2 Å². The van der Waals surface area contributed by atoms with Gasteiger partial charge in [0.25, 0.3) is 0 Å². The van der Waals surface area contributed by atoms with E-state index in [9.17, 15) is 14.0 Å². The second kappa shape index (κ2) is 7.40. The molecule has 0 bridgehead atoms. The largest absolute Gasteiger partial charge is 0.465 e. The van der Waals surface area contributed by atoms with Gasteiger partial charge in [-0.15, -0.1) is 0 Å². The molecule has 0 fully saturated rings. The van der Waals surface area contributed by atoms with Crippen molar-refractivity contribution in [1.29, 1.82) is 0 Å². The fourth-order valence-electron chi connectivity index (χ4n) is 2.11. The Morgan fingerprint density at radius 1 is 1.17 bits per heavy atom. The van der Waals surface area contributed by atoms with Gasteiger partial charge in [-0.05, 0) is 42.8 Å². The minimum absolute atomic E-state index is 0.0119. The summed E-state index contributed by atoms with van der Waals surface area (Å²) in [7, 11) is 1.31. The van der Waals surface area contributed by atoms with Crippen molar-refractivity contribution in [3.05, 3.63) is 59.4 Å². The van der Waals surface area contributed by atoms with Crippen LogP contribution in [0.3, 0.4) is 0 Å². The number of anilines is 2. The highest BCUT2D eigenvalue weighted by Crippen LogP contribution is 2.19. The lowest BCUT2D eigenvalue weighted by Gasteiger charge is -2.12. The Hall–Kier alpha value is -2.89. The molecule has 0 aromatic heterocycles. The molecule has 0 saturated heterocycles. The molecule has 5 nitrogen and oxygen atoms in total. The highest BCUT2D eigenvalue weighted by atomic mass is 19.1. The fourth-order valence-corrected chi connectivity index (χ4v) is 2.11. The van der Waals surface area contributed by atoms with E-state index in [4.69, 9.17) is 4.74 Å². The minimum atomic E-state index is -0.435. The van der Waals surface area contributed by atoms with Crippen LogP contribution in [0.4, 0.5) is 15.8 Å². The molecule has 0 unspecified atom stereocenters. The first-order chi connectivity index (χ1) is 11.0. The molecule has 6 heteroatoms. The molecule has 0 spiro atoms. The van der Waals surface area contributed by atoms with Crippen LogP contribution in [0, 0.1) is 12.7 Å². The number of nitrogens with one attached hydrogen (secondary N) is 2. The lowest BCUT2D eigenvalue weighted by molar-refractivity contribution is -0.114. The molecule has 2 aromatic carbocycles. The van der Waals surface area contributed by atoms with Gasteiger partial charge in [-0.3, -0.25) is 4.79 Å². The quantitative estimate of drug-likeness (QED) is 0.832. The van der Waals surface area contributed by atoms with Gasteiger partial charge < -0.3 is 15.4 Å². The number of ether oxygens (including phenoxy) is 1. The molecule has 23 heavy (non-hydrogen) atoms. The Morgan fingerprint density at radius 2 is 1.91 bits per heavy atom. The van der Waals surface area contributed by atoms with Crippen LogP contribution in [0.25, 0.3) is 0 Å². The molecule has 0 aliphatic rings. The van der Waals surface area contributed by atoms with E-state index in [1.807, 2.05) is 0 Å². The lowest BCUT2D eigenvalue weighted by Crippen LogP contribution is -2.22. The Bertz CT molecular complexity index is 732.